The molecule has 0 amide bonds. The summed E-state index contributed by atoms with van der Waals surface area (Å²) in [5.41, 5.74) is 3.35. The maximum atomic E-state index is 13.7. The van der Waals surface area contributed by atoms with Crippen LogP contribution >= 0.6 is 0 Å². The van der Waals surface area contributed by atoms with Crippen molar-refractivity contribution in [1.29, 1.82) is 0 Å². The van der Waals surface area contributed by atoms with Gasteiger partial charge in [-0.3, -0.25) is 0 Å². The SMILES string of the molecule is Cc1ccc(F)c(C)c1C1CCC(OC2CC2)CC1. The molecule has 104 valence electrons. The Bertz CT molecular complexity index is 457. The number of halogens is 1. The van der Waals surface area contributed by atoms with E-state index in [-0.39, 0.29) is 5.82 Å². The Balaban J connectivity index is 1.69. The zero-order chi connectivity index (χ0) is 13.4. The lowest BCUT2D eigenvalue weighted by Gasteiger charge is -2.30. The van der Waals surface area contributed by atoms with Crippen molar-refractivity contribution in [2.24, 2.45) is 0 Å². The molecule has 0 N–H and O–H groups in total. The molecule has 2 aliphatic rings. The van der Waals surface area contributed by atoms with Gasteiger partial charge in [0.05, 0.1) is 12.2 Å². The maximum Gasteiger partial charge on any atom is 0.126 e. The second-order valence-corrected chi connectivity index (χ2v) is 6.21. The van der Waals surface area contributed by atoms with Gasteiger partial charge in [-0.25, -0.2) is 4.39 Å². The van der Waals surface area contributed by atoms with Crippen LogP contribution in [0.1, 0.15) is 61.1 Å². The summed E-state index contributed by atoms with van der Waals surface area (Å²) in [6, 6.07) is 3.51. The summed E-state index contributed by atoms with van der Waals surface area (Å²) in [7, 11) is 0. The Labute approximate surface area is 115 Å². The summed E-state index contributed by atoms with van der Waals surface area (Å²) >= 11 is 0. The van der Waals surface area contributed by atoms with E-state index in [1.54, 1.807) is 6.07 Å². The van der Waals surface area contributed by atoms with E-state index in [1.165, 1.54) is 24.0 Å². The van der Waals surface area contributed by atoms with Gasteiger partial charge in [0.2, 0.25) is 0 Å². The minimum absolute atomic E-state index is 0.0584. The molecule has 2 saturated carbocycles. The van der Waals surface area contributed by atoms with Crippen molar-refractivity contribution in [3.8, 4) is 0 Å². The van der Waals surface area contributed by atoms with Crippen LogP contribution in [0.4, 0.5) is 4.39 Å². The van der Waals surface area contributed by atoms with Crippen LogP contribution in [0, 0.1) is 19.7 Å². The molecule has 1 aromatic carbocycles. The van der Waals surface area contributed by atoms with Crippen molar-refractivity contribution in [3.05, 3.63) is 34.6 Å². The largest absolute Gasteiger partial charge is 0.375 e. The van der Waals surface area contributed by atoms with E-state index in [0.29, 0.717) is 18.1 Å². The quantitative estimate of drug-likeness (QED) is 0.770. The highest BCUT2D eigenvalue weighted by Crippen LogP contribution is 2.39. The molecule has 1 nitrogen and oxygen atoms in total. The minimum atomic E-state index is -0.0584. The summed E-state index contributed by atoms with van der Waals surface area (Å²) in [6.07, 6.45) is 8.07. The lowest BCUT2D eigenvalue weighted by molar-refractivity contribution is 0.0129. The van der Waals surface area contributed by atoms with Crippen molar-refractivity contribution >= 4 is 0 Å². The number of benzene rings is 1. The third-order valence-electron chi connectivity index (χ3n) is 4.66. The highest BCUT2D eigenvalue weighted by molar-refractivity contribution is 5.37. The van der Waals surface area contributed by atoms with Gasteiger partial charge in [-0.2, -0.15) is 0 Å². The summed E-state index contributed by atoms with van der Waals surface area (Å²) in [4.78, 5) is 0. The Hall–Kier alpha value is -0.890. The Morgan fingerprint density at radius 2 is 1.53 bits per heavy atom. The Morgan fingerprint density at radius 1 is 0.947 bits per heavy atom. The van der Waals surface area contributed by atoms with Crippen molar-refractivity contribution in [1.82, 2.24) is 0 Å². The summed E-state index contributed by atoms with van der Waals surface area (Å²) in [5.74, 6) is 0.465. The summed E-state index contributed by atoms with van der Waals surface area (Å²) < 4.78 is 19.7. The van der Waals surface area contributed by atoms with Crippen molar-refractivity contribution in [2.45, 2.75) is 70.5 Å². The molecule has 0 radical (unpaired) electrons. The van der Waals surface area contributed by atoms with Crippen LogP contribution in [0.5, 0.6) is 0 Å². The molecular weight excluding hydrogens is 239 g/mol. The number of ether oxygens (including phenoxy) is 1. The van der Waals surface area contributed by atoms with E-state index in [0.717, 1.165) is 31.2 Å². The second kappa shape index (κ2) is 5.24. The molecule has 0 bridgehead atoms. The first-order valence-corrected chi connectivity index (χ1v) is 7.56. The van der Waals surface area contributed by atoms with E-state index in [4.69, 9.17) is 4.74 Å². The molecule has 0 aromatic heterocycles. The van der Waals surface area contributed by atoms with Gasteiger partial charge in [-0.1, -0.05) is 6.07 Å². The van der Waals surface area contributed by atoms with E-state index in [2.05, 4.69) is 6.92 Å². The average molecular weight is 262 g/mol. The minimum Gasteiger partial charge on any atom is -0.375 e. The first-order chi connectivity index (χ1) is 9.15. The van der Waals surface area contributed by atoms with Crippen molar-refractivity contribution in [3.63, 3.8) is 0 Å². The zero-order valence-electron chi connectivity index (χ0n) is 11.9. The van der Waals surface area contributed by atoms with Crippen LogP contribution in [0.2, 0.25) is 0 Å². The smallest absolute Gasteiger partial charge is 0.126 e. The van der Waals surface area contributed by atoms with Gasteiger partial charge in [0, 0.05) is 0 Å². The third kappa shape index (κ3) is 2.84. The monoisotopic (exact) mass is 262 g/mol. The Kier molecular flexibility index (Phi) is 3.62. The van der Waals surface area contributed by atoms with Crippen LogP contribution in [0.3, 0.4) is 0 Å². The van der Waals surface area contributed by atoms with Crippen LogP contribution in [-0.4, -0.2) is 12.2 Å². The van der Waals surface area contributed by atoms with Crippen molar-refractivity contribution in [2.75, 3.05) is 0 Å². The standard InChI is InChI=1S/C17H23FO/c1-11-3-10-16(18)12(2)17(11)13-4-6-14(7-5-13)19-15-8-9-15/h3,10,13-15H,4-9H2,1-2H3. The van der Waals surface area contributed by atoms with E-state index in [9.17, 15) is 4.39 Å². The first-order valence-electron chi connectivity index (χ1n) is 7.56. The van der Waals surface area contributed by atoms with E-state index < -0.39 is 0 Å². The van der Waals surface area contributed by atoms with Gasteiger partial charge in [0.1, 0.15) is 5.82 Å². The highest BCUT2D eigenvalue weighted by Gasteiger charge is 2.30. The molecule has 19 heavy (non-hydrogen) atoms. The van der Waals surface area contributed by atoms with Gasteiger partial charge < -0.3 is 4.74 Å². The maximum absolute atomic E-state index is 13.7. The molecule has 0 aliphatic heterocycles. The third-order valence-corrected chi connectivity index (χ3v) is 4.66. The summed E-state index contributed by atoms with van der Waals surface area (Å²) in [6.45, 7) is 4.03. The Morgan fingerprint density at radius 3 is 2.11 bits per heavy atom. The number of hydrogen-bond acceptors (Lipinski definition) is 1. The van der Waals surface area contributed by atoms with Crippen LogP contribution in [-0.2, 0) is 4.74 Å². The molecular formula is C17H23FO. The fraction of sp³-hybridized carbons (Fsp3) is 0.647. The van der Waals surface area contributed by atoms with Gasteiger partial charge >= 0.3 is 0 Å². The van der Waals surface area contributed by atoms with Gasteiger partial charge in [0.15, 0.2) is 0 Å². The van der Waals surface area contributed by atoms with Gasteiger partial charge in [0.25, 0.3) is 0 Å². The fourth-order valence-corrected chi connectivity index (χ4v) is 3.43. The molecule has 1 aromatic rings. The number of rotatable bonds is 3. The fourth-order valence-electron chi connectivity index (χ4n) is 3.43. The van der Waals surface area contributed by atoms with Crippen LogP contribution < -0.4 is 0 Å². The normalized spacial score (nSPS) is 27.5. The number of hydrogen-bond donors (Lipinski definition) is 0. The van der Waals surface area contributed by atoms with Crippen LogP contribution in [0.15, 0.2) is 12.1 Å². The second-order valence-electron chi connectivity index (χ2n) is 6.21. The summed E-state index contributed by atoms with van der Waals surface area (Å²) in [5, 5.41) is 0. The molecule has 0 heterocycles. The zero-order valence-corrected chi connectivity index (χ0v) is 11.9. The lowest BCUT2D eigenvalue weighted by Crippen LogP contribution is -2.22. The van der Waals surface area contributed by atoms with Crippen LogP contribution in [0.25, 0.3) is 0 Å². The molecule has 3 rings (SSSR count). The number of aryl methyl sites for hydroxylation is 1. The topological polar surface area (TPSA) is 9.23 Å². The predicted molar refractivity (Wildman–Crippen MR) is 75.0 cm³/mol. The molecule has 2 aliphatic carbocycles. The predicted octanol–water partition coefficient (Wildman–Crippen LogP) is 4.65. The first kappa shape index (κ1) is 13.1. The molecule has 2 heteroatoms. The van der Waals surface area contributed by atoms with E-state index in [1.807, 2.05) is 13.0 Å². The van der Waals surface area contributed by atoms with Gasteiger partial charge in [-0.15, -0.1) is 0 Å². The van der Waals surface area contributed by atoms with Gasteiger partial charge in [-0.05, 0) is 81.0 Å². The molecule has 0 saturated heterocycles. The highest BCUT2D eigenvalue weighted by atomic mass is 19.1. The van der Waals surface area contributed by atoms with Crippen molar-refractivity contribution < 1.29 is 9.13 Å². The molecule has 0 spiro atoms. The van der Waals surface area contributed by atoms with E-state index >= 15 is 0 Å². The lowest BCUT2D eigenvalue weighted by atomic mass is 9.79. The average Bonchev–Trinajstić information content (AvgIpc) is 3.20. The molecule has 0 atom stereocenters. The molecule has 0 unspecified atom stereocenters. The molecule has 2 fully saturated rings.